The lowest BCUT2D eigenvalue weighted by atomic mass is 10.0. The zero-order chi connectivity index (χ0) is 22.7. The number of amides is 2. The lowest BCUT2D eigenvalue weighted by Crippen LogP contribution is -2.48. The lowest BCUT2D eigenvalue weighted by Gasteiger charge is -2.20. The van der Waals surface area contributed by atoms with Gasteiger partial charge in [0.15, 0.2) is 11.5 Å². The number of fused-ring (bicyclic) bond motifs is 2. The Morgan fingerprint density at radius 2 is 1.84 bits per heavy atom. The fraction of sp³-hybridized carbons (Fsp3) is 0.208. The van der Waals surface area contributed by atoms with Crippen LogP contribution in [0.4, 0.5) is 0 Å². The maximum absolute atomic E-state index is 12.7. The molecule has 164 valence electrons. The lowest BCUT2D eigenvalue weighted by molar-refractivity contribution is -0.123. The molecule has 3 N–H and O–H groups in total. The Kier molecular flexibility index (Phi) is 5.93. The number of hydrazone groups is 1. The summed E-state index contributed by atoms with van der Waals surface area (Å²) in [5.41, 5.74) is 3.32. The Morgan fingerprint density at radius 1 is 1.06 bits per heavy atom. The molecule has 0 aromatic heterocycles. The number of carbonyl (C=O) groups is 2. The maximum Gasteiger partial charge on any atom is 0.262 e. The standard InChI is InChI=1S/C24H23N3O5/c1-14(2)22(26-23(29)16-8-10-20-21(11-16)32-13-31-20)24(30)27-25-12-18-17-6-4-3-5-15(17)7-9-19(18)28/h3-12,14,22,28H,13H2,1-2H3,(H,26,29)(H,27,30)/b25-12-. The van der Waals surface area contributed by atoms with Crippen molar-refractivity contribution in [2.45, 2.75) is 19.9 Å². The molecule has 1 heterocycles. The smallest absolute Gasteiger partial charge is 0.262 e. The van der Waals surface area contributed by atoms with Crippen LogP contribution in [0.25, 0.3) is 10.8 Å². The fourth-order valence-corrected chi connectivity index (χ4v) is 3.45. The number of nitrogens with zero attached hydrogens (tertiary/aromatic N) is 1. The molecule has 2 amide bonds. The van der Waals surface area contributed by atoms with Gasteiger partial charge in [-0.05, 0) is 41.0 Å². The van der Waals surface area contributed by atoms with Crippen LogP contribution in [0.3, 0.4) is 0 Å². The third-order valence-electron chi connectivity index (χ3n) is 5.19. The van der Waals surface area contributed by atoms with Crippen LogP contribution in [-0.4, -0.2) is 36.0 Å². The van der Waals surface area contributed by atoms with Crippen molar-refractivity contribution in [3.8, 4) is 17.2 Å². The molecule has 3 aromatic rings. The van der Waals surface area contributed by atoms with Crippen molar-refractivity contribution in [2.75, 3.05) is 6.79 Å². The quantitative estimate of drug-likeness (QED) is 0.409. The Bertz CT molecular complexity index is 1210. The first kappa shape index (κ1) is 21.2. The normalized spacial score (nSPS) is 13.5. The molecule has 0 radical (unpaired) electrons. The van der Waals surface area contributed by atoms with E-state index in [2.05, 4.69) is 15.8 Å². The number of aromatic hydroxyl groups is 1. The average Bonchev–Trinajstić information content (AvgIpc) is 3.26. The summed E-state index contributed by atoms with van der Waals surface area (Å²) in [7, 11) is 0. The van der Waals surface area contributed by atoms with Crippen LogP contribution in [0.5, 0.6) is 17.2 Å². The zero-order valence-corrected chi connectivity index (χ0v) is 17.7. The molecular weight excluding hydrogens is 410 g/mol. The predicted molar refractivity (Wildman–Crippen MR) is 120 cm³/mol. The second kappa shape index (κ2) is 8.97. The molecule has 8 nitrogen and oxygen atoms in total. The number of hydrogen-bond donors (Lipinski definition) is 3. The number of carbonyl (C=O) groups excluding carboxylic acids is 2. The highest BCUT2D eigenvalue weighted by molar-refractivity contribution is 6.03. The van der Waals surface area contributed by atoms with E-state index in [4.69, 9.17) is 9.47 Å². The summed E-state index contributed by atoms with van der Waals surface area (Å²) in [5.74, 6) is 0.0543. The van der Waals surface area contributed by atoms with E-state index in [1.54, 1.807) is 30.3 Å². The minimum Gasteiger partial charge on any atom is -0.507 e. The number of hydrogen-bond acceptors (Lipinski definition) is 6. The Morgan fingerprint density at radius 3 is 2.66 bits per heavy atom. The van der Waals surface area contributed by atoms with Crippen molar-refractivity contribution in [1.82, 2.24) is 10.7 Å². The summed E-state index contributed by atoms with van der Waals surface area (Å²) in [6, 6.07) is 15.0. The van der Waals surface area contributed by atoms with E-state index < -0.39 is 17.9 Å². The molecule has 1 aliphatic rings. The van der Waals surface area contributed by atoms with E-state index in [9.17, 15) is 14.7 Å². The van der Waals surface area contributed by atoms with Crippen molar-refractivity contribution in [3.63, 3.8) is 0 Å². The first-order valence-corrected chi connectivity index (χ1v) is 10.2. The van der Waals surface area contributed by atoms with Crippen molar-refractivity contribution in [1.29, 1.82) is 0 Å². The Labute approximate surface area is 184 Å². The molecule has 0 saturated heterocycles. The summed E-state index contributed by atoms with van der Waals surface area (Å²) in [5, 5.41) is 18.7. The summed E-state index contributed by atoms with van der Waals surface area (Å²) in [4.78, 5) is 25.4. The van der Waals surface area contributed by atoms with Gasteiger partial charge in [0.2, 0.25) is 6.79 Å². The molecule has 0 bridgehead atoms. The van der Waals surface area contributed by atoms with E-state index >= 15 is 0 Å². The number of benzene rings is 3. The highest BCUT2D eigenvalue weighted by Crippen LogP contribution is 2.32. The fourth-order valence-electron chi connectivity index (χ4n) is 3.45. The van der Waals surface area contributed by atoms with Crippen LogP contribution in [0.1, 0.15) is 29.8 Å². The van der Waals surface area contributed by atoms with Gasteiger partial charge in [0.05, 0.1) is 6.21 Å². The van der Waals surface area contributed by atoms with E-state index in [-0.39, 0.29) is 18.5 Å². The van der Waals surface area contributed by atoms with Gasteiger partial charge in [0.25, 0.3) is 11.8 Å². The van der Waals surface area contributed by atoms with Crippen LogP contribution in [0.2, 0.25) is 0 Å². The predicted octanol–water partition coefficient (Wildman–Crippen LogP) is 3.18. The zero-order valence-electron chi connectivity index (χ0n) is 17.7. The van der Waals surface area contributed by atoms with Gasteiger partial charge in [-0.3, -0.25) is 9.59 Å². The van der Waals surface area contributed by atoms with Gasteiger partial charge in [0.1, 0.15) is 11.8 Å². The second-order valence-corrected chi connectivity index (χ2v) is 7.72. The van der Waals surface area contributed by atoms with E-state index in [1.165, 1.54) is 6.21 Å². The van der Waals surface area contributed by atoms with Crippen LogP contribution in [-0.2, 0) is 4.79 Å². The highest BCUT2D eigenvalue weighted by Gasteiger charge is 2.25. The molecule has 1 atom stereocenters. The van der Waals surface area contributed by atoms with Crippen molar-refractivity contribution < 1.29 is 24.2 Å². The molecule has 0 aliphatic carbocycles. The summed E-state index contributed by atoms with van der Waals surface area (Å²) in [6.07, 6.45) is 1.40. The van der Waals surface area contributed by atoms with Crippen LogP contribution < -0.4 is 20.2 Å². The SMILES string of the molecule is CC(C)C(NC(=O)c1ccc2c(c1)OCO2)C(=O)N/N=C\c1c(O)ccc2ccccc12. The van der Waals surface area contributed by atoms with Gasteiger partial charge in [-0.1, -0.05) is 44.2 Å². The van der Waals surface area contributed by atoms with Gasteiger partial charge < -0.3 is 19.9 Å². The van der Waals surface area contributed by atoms with Crippen molar-refractivity contribution >= 4 is 28.8 Å². The molecule has 1 unspecified atom stereocenters. The van der Waals surface area contributed by atoms with Crippen molar-refractivity contribution in [3.05, 3.63) is 65.7 Å². The molecule has 0 saturated carbocycles. The first-order chi connectivity index (χ1) is 15.4. The molecule has 32 heavy (non-hydrogen) atoms. The molecule has 4 rings (SSSR count). The third-order valence-corrected chi connectivity index (χ3v) is 5.19. The Balaban J connectivity index is 1.46. The van der Waals surface area contributed by atoms with E-state index in [0.29, 0.717) is 22.6 Å². The van der Waals surface area contributed by atoms with Crippen LogP contribution in [0.15, 0.2) is 59.7 Å². The van der Waals surface area contributed by atoms with E-state index in [0.717, 1.165) is 10.8 Å². The molecular formula is C24H23N3O5. The molecule has 8 heteroatoms. The first-order valence-electron chi connectivity index (χ1n) is 10.2. The third kappa shape index (κ3) is 4.34. The van der Waals surface area contributed by atoms with Gasteiger partial charge >= 0.3 is 0 Å². The molecule has 1 aliphatic heterocycles. The average molecular weight is 433 g/mol. The van der Waals surface area contributed by atoms with Gasteiger partial charge in [-0.25, -0.2) is 5.43 Å². The number of nitrogens with one attached hydrogen (secondary N) is 2. The highest BCUT2D eigenvalue weighted by atomic mass is 16.7. The monoisotopic (exact) mass is 433 g/mol. The Hall–Kier alpha value is -4.07. The number of ether oxygens (including phenoxy) is 2. The number of phenols is 1. The molecule has 0 fully saturated rings. The van der Waals surface area contributed by atoms with Crippen LogP contribution >= 0.6 is 0 Å². The van der Waals surface area contributed by atoms with E-state index in [1.807, 2.05) is 38.1 Å². The summed E-state index contributed by atoms with van der Waals surface area (Å²) < 4.78 is 10.6. The minimum atomic E-state index is -0.814. The van der Waals surface area contributed by atoms with Crippen molar-refractivity contribution in [2.24, 2.45) is 11.0 Å². The topological polar surface area (TPSA) is 109 Å². The van der Waals surface area contributed by atoms with Gasteiger partial charge in [-0.2, -0.15) is 5.10 Å². The van der Waals surface area contributed by atoms with Gasteiger partial charge in [0, 0.05) is 11.1 Å². The summed E-state index contributed by atoms with van der Waals surface area (Å²) in [6.45, 7) is 3.76. The maximum atomic E-state index is 12.7. The number of rotatable bonds is 6. The van der Waals surface area contributed by atoms with Crippen LogP contribution in [0, 0.1) is 5.92 Å². The number of phenolic OH excluding ortho intramolecular Hbond substituents is 1. The summed E-state index contributed by atoms with van der Waals surface area (Å²) >= 11 is 0. The largest absolute Gasteiger partial charge is 0.507 e. The molecule has 3 aromatic carbocycles. The second-order valence-electron chi connectivity index (χ2n) is 7.72. The minimum absolute atomic E-state index is 0.0539. The molecule has 0 spiro atoms. The van der Waals surface area contributed by atoms with Gasteiger partial charge in [-0.15, -0.1) is 0 Å².